The molecule has 0 bridgehead atoms. The molecule has 1 aliphatic rings. The van der Waals surface area contributed by atoms with Crippen LogP contribution < -0.4 is 10.3 Å². The van der Waals surface area contributed by atoms with Crippen molar-refractivity contribution in [3.05, 3.63) is 12.3 Å². The highest BCUT2D eigenvalue weighted by Crippen LogP contribution is 2.13. The first-order valence-corrected chi connectivity index (χ1v) is 8.92. The average molecular weight is 328 g/mol. The highest BCUT2D eigenvalue weighted by atomic mass is 32.2. The van der Waals surface area contributed by atoms with Gasteiger partial charge in [0, 0.05) is 51.5 Å². The van der Waals surface area contributed by atoms with Crippen LogP contribution in [0.4, 0.5) is 11.8 Å². The van der Waals surface area contributed by atoms with Crippen molar-refractivity contribution in [3.8, 4) is 0 Å². The average Bonchev–Trinajstić information content (AvgIpc) is 2.53. The van der Waals surface area contributed by atoms with E-state index in [1.807, 2.05) is 11.0 Å². The molecule has 0 spiro atoms. The Bertz CT molecular complexity index is 533. The highest BCUT2D eigenvalue weighted by molar-refractivity contribution is 7.72. The lowest BCUT2D eigenvalue weighted by molar-refractivity contribution is 0.294. The van der Waals surface area contributed by atoms with E-state index in [2.05, 4.69) is 39.2 Å². The predicted octanol–water partition coefficient (Wildman–Crippen LogP) is -0.164. The second-order valence-corrected chi connectivity index (χ2v) is 6.05. The Labute approximate surface area is 133 Å². The smallest absolute Gasteiger partial charge is 0.227 e. The summed E-state index contributed by atoms with van der Waals surface area (Å²) in [6.45, 7) is 8.83. The summed E-state index contributed by atoms with van der Waals surface area (Å²) in [6.07, 6.45) is 1.75. The largest absolute Gasteiger partial charge is 0.338 e. The third-order valence-electron chi connectivity index (χ3n) is 3.65. The zero-order valence-electron chi connectivity index (χ0n) is 13.1. The van der Waals surface area contributed by atoms with Gasteiger partial charge in [-0.2, -0.15) is 4.98 Å². The van der Waals surface area contributed by atoms with E-state index in [0.717, 1.165) is 32.0 Å². The zero-order chi connectivity index (χ0) is 15.9. The lowest BCUT2D eigenvalue weighted by Gasteiger charge is -2.33. The SMILES string of the molecule is CCN(CC)Nc1ccnc(N2CCN(C[SH](=O)=O)CC2)n1. The molecule has 22 heavy (non-hydrogen) atoms. The Balaban J connectivity index is 1.96. The maximum absolute atomic E-state index is 10.8. The van der Waals surface area contributed by atoms with Crippen molar-refractivity contribution in [2.75, 3.05) is 55.5 Å². The molecular formula is C13H24N6O2S. The summed E-state index contributed by atoms with van der Waals surface area (Å²) in [5.74, 6) is 1.59. The van der Waals surface area contributed by atoms with Crippen molar-refractivity contribution in [2.45, 2.75) is 13.8 Å². The number of piperazine rings is 1. The molecule has 0 saturated carbocycles. The third kappa shape index (κ3) is 4.79. The molecule has 2 rings (SSSR count). The van der Waals surface area contributed by atoms with E-state index in [1.165, 1.54) is 0 Å². The molecule has 1 aliphatic heterocycles. The van der Waals surface area contributed by atoms with Crippen LogP contribution in [0.15, 0.2) is 12.3 Å². The first-order chi connectivity index (χ1) is 10.6. The van der Waals surface area contributed by atoms with Crippen LogP contribution >= 0.6 is 0 Å². The standard InChI is InChI=1S/C13H24N6O2S/c1-3-19(4-2)16-12-5-6-14-13(15-12)18-9-7-17(8-10-18)11-22(20)21/h5-6,22H,3-4,7-11H2,1-2H3,(H,14,15,16). The minimum Gasteiger partial charge on any atom is -0.338 e. The summed E-state index contributed by atoms with van der Waals surface area (Å²) < 4.78 is 21.5. The number of hydrogen-bond acceptors (Lipinski definition) is 8. The van der Waals surface area contributed by atoms with E-state index in [4.69, 9.17) is 0 Å². The quantitative estimate of drug-likeness (QED) is 0.528. The molecule has 0 radical (unpaired) electrons. The molecule has 1 aromatic rings. The minimum atomic E-state index is -2.35. The molecule has 1 aromatic heterocycles. The van der Waals surface area contributed by atoms with Crippen LogP contribution in [-0.2, 0) is 10.7 Å². The number of anilines is 2. The van der Waals surface area contributed by atoms with Crippen LogP contribution in [0.5, 0.6) is 0 Å². The summed E-state index contributed by atoms with van der Waals surface area (Å²) in [4.78, 5) is 12.9. The molecule has 8 nitrogen and oxygen atoms in total. The molecule has 1 saturated heterocycles. The van der Waals surface area contributed by atoms with Gasteiger partial charge in [0.25, 0.3) is 0 Å². The van der Waals surface area contributed by atoms with Gasteiger partial charge < -0.3 is 10.3 Å². The molecule has 124 valence electrons. The maximum atomic E-state index is 10.8. The third-order valence-corrected chi connectivity index (χ3v) is 4.28. The van der Waals surface area contributed by atoms with Gasteiger partial charge in [0.1, 0.15) is 5.82 Å². The van der Waals surface area contributed by atoms with Crippen LogP contribution in [0.2, 0.25) is 0 Å². The molecule has 1 N–H and O–H groups in total. The Hall–Kier alpha value is -1.45. The number of hydrogen-bond donors (Lipinski definition) is 2. The monoisotopic (exact) mass is 328 g/mol. The van der Waals surface area contributed by atoms with E-state index in [1.54, 1.807) is 6.20 Å². The van der Waals surface area contributed by atoms with Crippen LogP contribution in [0.3, 0.4) is 0 Å². The van der Waals surface area contributed by atoms with Crippen molar-refractivity contribution < 1.29 is 8.42 Å². The number of rotatable bonds is 7. The molecule has 2 heterocycles. The number of hydrazine groups is 1. The summed E-state index contributed by atoms with van der Waals surface area (Å²) in [5.41, 5.74) is 3.26. The minimum absolute atomic E-state index is 0.133. The predicted molar refractivity (Wildman–Crippen MR) is 87.5 cm³/mol. The molecule has 0 amide bonds. The van der Waals surface area contributed by atoms with Gasteiger partial charge in [-0.3, -0.25) is 4.90 Å². The fraction of sp³-hybridized carbons (Fsp3) is 0.692. The van der Waals surface area contributed by atoms with Gasteiger partial charge in [-0.1, -0.05) is 13.8 Å². The molecule has 0 aliphatic carbocycles. The summed E-state index contributed by atoms with van der Waals surface area (Å²) in [6, 6.07) is 1.85. The summed E-state index contributed by atoms with van der Waals surface area (Å²) >= 11 is 0. The lowest BCUT2D eigenvalue weighted by atomic mass is 10.3. The highest BCUT2D eigenvalue weighted by Gasteiger charge is 2.19. The Morgan fingerprint density at radius 3 is 2.50 bits per heavy atom. The second-order valence-electron chi connectivity index (χ2n) is 5.11. The number of nitrogens with one attached hydrogen (secondary N) is 1. The number of aromatic nitrogens is 2. The fourth-order valence-corrected chi connectivity index (χ4v) is 2.97. The van der Waals surface area contributed by atoms with Crippen molar-refractivity contribution in [3.63, 3.8) is 0 Å². The molecule has 0 aromatic carbocycles. The van der Waals surface area contributed by atoms with E-state index in [0.29, 0.717) is 19.0 Å². The maximum Gasteiger partial charge on any atom is 0.227 e. The van der Waals surface area contributed by atoms with Gasteiger partial charge in [0.15, 0.2) is 10.7 Å². The molecule has 0 atom stereocenters. The Morgan fingerprint density at radius 1 is 1.23 bits per heavy atom. The first-order valence-electron chi connectivity index (χ1n) is 7.56. The number of thiol groups is 1. The summed E-state index contributed by atoms with van der Waals surface area (Å²) in [5, 5.41) is 2.06. The van der Waals surface area contributed by atoms with Crippen molar-refractivity contribution in [1.82, 2.24) is 19.9 Å². The Morgan fingerprint density at radius 2 is 1.91 bits per heavy atom. The van der Waals surface area contributed by atoms with Gasteiger partial charge in [-0.25, -0.2) is 18.4 Å². The first kappa shape index (κ1) is 16.9. The van der Waals surface area contributed by atoms with Gasteiger partial charge >= 0.3 is 0 Å². The van der Waals surface area contributed by atoms with Gasteiger partial charge in [-0.05, 0) is 0 Å². The topological polar surface area (TPSA) is 81.7 Å². The Kier molecular flexibility index (Phi) is 6.34. The van der Waals surface area contributed by atoms with Crippen LogP contribution in [0, 0.1) is 0 Å². The van der Waals surface area contributed by atoms with Crippen LogP contribution in [0.1, 0.15) is 13.8 Å². The molecule has 9 heteroatoms. The van der Waals surface area contributed by atoms with E-state index >= 15 is 0 Å². The van der Waals surface area contributed by atoms with E-state index in [9.17, 15) is 8.42 Å². The molecule has 1 fully saturated rings. The van der Waals surface area contributed by atoms with Crippen molar-refractivity contribution in [1.29, 1.82) is 0 Å². The van der Waals surface area contributed by atoms with E-state index in [-0.39, 0.29) is 5.88 Å². The van der Waals surface area contributed by atoms with E-state index < -0.39 is 10.7 Å². The van der Waals surface area contributed by atoms with Gasteiger partial charge in [0.05, 0.1) is 5.88 Å². The zero-order valence-corrected chi connectivity index (χ0v) is 14.0. The van der Waals surface area contributed by atoms with Crippen molar-refractivity contribution in [2.24, 2.45) is 0 Å². The van der Waals surface area contributed by atoms with Gasteiger partial charge in [-0.15, -0.1) is 0 Å². The number of nitrogens with zero attached hydrogens (tertiary/aromatic N) is 5. The second kappa shape index (κ2) is 8.25. The van der Waals surface area contributed by atoms with Crippen molar-refractivity contribution >= 4 is 22.5 Å². The normalized spacial score (nSPS) is 16.5. The molecule has 0 unspecified atom stereocenters. The fourth-order valence-electron chi connectivity index (χ4n) is 2.36. The van der Waals surface area contributed by atoms with Crippen LogP contribution in [-0.4, -0.2) is 73.4 Å². The summed E-state index contributed by atoms with van der Waals surface area (Å²) in [7, 11) is -2.35. The van der Waals surface area contributed by atoms with Crippen LogP contribution in [0.25, 0.3) is 0 Å². The molecular weight excluding hydrogens is 304 g/mol. The van der Waals surface area contributed by atoms with Gasteiger partial charge in [0.2, 0.25) is 5.95 Å². The lowest BCUT2D eigenvalue weighted by Crippen LogP contribution is -2.47.